The van der Waals surface area contributed by atoms with Crippen molar-refractivity contribution < 1.29 is 24.3 Å². The number of aromatic hydroxyl groups is 1. The predicted molar refractivity (Wildman–Crippen MR) is 187 cm³/mol. The van der Waals surface area contributed by atoms with E-state index in [1.807, 2.05) is 44.2 Å². The van der Waals surface area contributed by atoms with Gasteiger partial charge in [-0.15, -0.1) is 0 Å². The highest BCUT2D eigenvalue weighted by Crippen LogP contribution is 2.24. The van der Waals surface area contributed by atoms with Crippen molar-refractivity contribution in [2.75, 3.05) is 13.1 Å². The van der Waals surface area contributed by atoms with Crippen LogP contribution < -0.4 is 38.9 Å². The summed E-state index contributed by atoms with van der Waals surface area (Å²) in [5.74, 6) is -2.14. The molecule has 0 unspecified atom stereocenters. The molecule has 264 valence electrons. The van der Waals surface area contributed by atoms with Gasteiger partial charge in [0.1, 0.15) is 5.75 Å². The Morgan fingerprint density at radius 3 is 2.15 bits per heavy atom. The van der Waals surface area contributed by atoms with E-state index in [1.165, 1.54) is 0 Å². The van der Waals surface area contributed by atoms with Gasteiger partial charge in [0.15, 0.2) is 11.7 Å². The second-order valence-electron chi connectivity index (χ2n) is 12.5. The first-order valence-corrected chi connectivity index (χ1v) is 16.6. The molecular weight excluding hydrogens is 612 g/mol. The zero-order valence-corrected chi connectivity index (χ0v) is 28.2. The van der Waals surface area contributed by atoms with Crippen molar-refractivity contribution >= 4 is 29.5 Å². The lowest BCUT2D eigenvalue weighted by molar-refractivity contribution is -0.130. The molecule has 13 nitrogen and oxygen atoms in total. The number of carbonyl (C=O) groups is 4. The fourth-order valence-corrected chi connectivity index (χ4v) is 5.76. The maximum Gasteiger partial charge on any atom is 0.237 e. The molecule has 0 radical (unpaired) electrons. The van der Waals surface area contributed by atoms with Gasteiger partial charge in [-0.3, -0.25) is 24.6 Å². The predicted octanol–water partition coefficient (Wildman–Crippen LogP) is 1.32. The number of unbranched alkanes of at least 4 members (excludes halogenated alkanes) is 1. The van der Waals surface area contributed by atoms with E-state index in [4.69, 9.17) is 28.3 Å². The number of rotatable bonds is 22. The molecule has 0 aliphatic rings. The van der Waals surface area contributed by atoms with Crippen LogP contribution in [0.2, 0.25) is 0 Å². The Bertz CT molecular complexity index is 1350. The molecule has 0 bridgehead atoms. The molecule has 13 N–H and O–H groups in total. The third-order valence-corrected chi connectivity index (χ3v) is 8.37. The Labute approximate surface area is 283 Å². The number of amides is 3. The molecule has 4 atom stereocenters. The summed E-state index contributed by atoms with van der Waals surface area (Å²) >= 11 is 0. The molecule has 2 aromatic carbocycles. The number of carbonyl (C=O) groups excluding carboxylic acids is 4. The Balaban J connectivity index is 2.22. The van der Waals surface area contributed by atoms with E-state index in [0.717, 1.165) is 22.3 Å². The number of benzene rings is 2. The van der Waals surface area contributed by atoms with E-state index in [9.17, 15) is 24.3 Å². The van der Waals surface area contributed by atoms with Crippen molar-refractivity contribution in [1.82, 2.24) is 16.0 Å². The van der Waals surface area contributed by atoms with Crippen LogP contribution >= 0.6 is 0 Å². The number of aryl methyl sites for hydroxylation is 2. The SMILES string of the molecule is Cc1cc(O)cc(C)c1C[C@H](NC(=O)[C@H](N)CCCNC(=N)N)C(=O)CC[C@@H](CCCCN)C(=O)N[C@H](CC(N)=O)Cc1ccccc1. The van der Waals surface area contributed by atoms with Gasteiger partial charge >= 0.3 is 0 Å². The molecule has 13 heteroatoms. The van der Waals surface area contributed by atoms with E-state index >= 15 is 0 Å². The minimum atomic E-state index is -0.922. The van der Waals surface area contributed by atoms with Crippen LogP contribution in [0.1, 0.15) is 73.6 Å². The van der Waals surface area contributed by atoms with Crippen LogP contribution in [0.25, 0.3) is 0 Å². The van der Waals surface area contributed by atoms with Crippen LogP contribution in [-0.4, -0.2) is 65.8 Å². The van der Waals surface area contributed by atoms with Crippen LogP contribution in [-0.2, 0) is 32.0 Å². The van der Waals surface area contributed by atoms with Crippen molar-refractivity contribution in [3.63, 3.8) is 0 Å². The molecular formula is C35H54N8O5. The zero-order chi connectivity index (χ0) is 35.6. The largest absolute Gasteiger partial charge is 0.508 e. The number of phenolic OH excluding ortho intramolecular Hbond substituents is 1. The molecule has 0 saturated heterocycles. The summed E-state index contributed by atoms with van der Waals surface area (Å²) in [6, 6.07) is 10.4. The quantitative estimate of drug-likeness (QED) is 0.0498. The summed E-state index contributed by atoms with van der Waals surface area (Å²) in [6.45, 7) is 4.50. The van der Waals surface area contributed by atoms with Crippen molar-refractivity contribution in [3.8, 4) is 5.75 Å². The molecule has 3 amide bonds. The van der Waals surface area contributed by atoms with E-state index < -0.39 is 35.9 Å². The average molecular weight is 667 g/mol. The highest BCUT2D eigenvalue weighted by atomic mass is 16.3. The van der Waals surface area contributed by atoms with Crippen molar-refractivity contribution in [2.45, 2.75) is 96.2 Å². The van der Waals surface area contributed by atoms with Crippen molar-refractivity contribution in [1.29, 1.82) is 5.41 Å². The molecule has 2 aromatic rings. The lowest BCUT2D eigenvalue weighted by Crippen LogP contribution is -2.49. The van der Waals surface area contributed by atoms with Crippen LogP contribution in [0.5, 0.6) is 5.75 Å². The van der Waals surface area contributed by atoms with Crippen LogP contribution in [0, 0.1) is 25.2 Å². The number of guanidine groups is 1. The summed E-state index contributed by atoms with van der Waals surface area (Å²) in [4.78, 5) is 52.4. The number of phenols is 1. The third kappa shape index (κ3) is 14.5. The fourth-order valence-electron chi connectivity index (χ4n) is 5.76. The van der Waals surface area contributed by atoms with E-state index in [1.54, 1.807) is 12.1 Å². The number of ketones is 1. The molecule has 48 heavy (non-hydrogen) atoms. The van der Waals surface area contributed by atoms with Gasteiger partial charge in [0.25, 0.3) is 0 Å². The molecule has 0 fully saturated rings. The molecule has 0 aliphatic carbocycles. The van der Waals surface area contributed by atoms with Gasteiger partial charge in [-0.05, 0) is 93.3 Å². The molecule has 0 saturated carbocycles. The number of primary amides is 1. The van der Waals surface area contributed by atoms with E-state index in [0.29, 0.717) is 51.6 Å². The molecule has 0 heterocycles. The first-order valence-electron chi connectivity index (χ1n) is 16.6. The maximum absolute atomic E-state index is 13.8. The summed E-state index contributed by atoms with van der Waals surface area (Å²) in [5.41, 5.74) is 26.0. The standard InChI is InChI=1S/C35H54N8O5/c1-22-17-27(44)18-23(2)28(22)21-30(43-34(48)29(37)12-8-16-41-35(39)40)31(45)14-13-25(11-6-7-15-36)33(47)42-26(20-32(38)46)19-24-9-4-3-5-10-24/h3-5,9-10,17-18,25-26,29-30,44H,6-8,11-16,19-21,36-37H2,1-2H3,(H2,38,46)(H,42,47)(H,43,48)(H4,39,40,41)/t25-,26+,29-,30+/m1/s1. The average Bonchev–Trinajstić information content (AvgIpc) is 3.01. The summed E-state index contributed by atoms with van der Waals surface area (Å²) in [7, 11) is 0. The number of Topliss-reactive ketones (excluding diaryl/α,β-unsaturated/α-hetero) is 1. The number of hydrogen-bond acceptors (Lipinski definition) is 8. The van der Waals surface area contributed by atoms with Crippen molar-refractivity contribution in [3.05, 3.63) is 64.7 Å². The summed E-state index contributed by atoms with van der Waals surface area (Å²) in [5, 5.41) is 25.8. The molecule has 2 rings (SSSR count). The number of nitrogens with two attached hydrogens (primary N) is 4. The first kappa shape index (κ1) is 39.7. The van der Waals surface area contributed by atoms with Gasteiger partial charge in [0.2, 0.25) is 17.7 Å². The Morgan fingerprint density at radius 2 is 1.54 bits per heavy atom. The van der Waals surface area contributed by atoms with Crippen LogP contribution in [0.15, 0.2) is 42.5 Å². The van der Waals surface area contributed by atoms with Gasteiger partial charge in [0, 0.05) is 37.8 Å². The Hall–Kier alpha value is -4.49. The lowest BCUT2D eigenvalue weighted by atomic mass is 9.89. The zero-order valence-electron chi connectivity index (χ0n) is 28.2. The minimum Gasteiger partial charge on any atom is -0.508 e. The van der Waals surface area contributed by atoms with Gasteiger partial charge in [0.05, 0.1) is 12.1 Å². The van der Waals surface area contributed by atoms with Crippen LogP contribution in [0.4, 0.5) is 0 Å². The second kappa shape index (κ2) is 20.7. The van der Waals surface area contributed by atoms with Gasteiger partial charge < -0.3 is 44.0 Å². The Kier molecular flexibility index (Phi) is 17.1. The summed E-state index contributed by atoms with van der Waals surface area (Å²) in [6.07, 6.45) is 3.51. The minimum absolute atomic E-state index is 0.0127. The molecule has 0 aliphatic heterocycles. The second-order valence-corrected chi connectivity index (χ2v) is 12.5. The van der Waals surface area contributed by atoms with Gasteiger partial charge in [-0.25, -0.2) is 0 Å². The highest BCUT2D eigenvalue weighted by molar-refractivity contribution is 5.91. The Morgan fingerprint density at radius 1 is 0.875 bits per heavy atom. The van der Waals surface area contributed by atoms with Crippen LogP contribution in [0.3, 0.4) is 0 Å². The molecule has 0 spiro atoms. The number of nitrogens with one attached hydrogen (secondary N) is 4. The fraction of sp³-hybridized carbons (Fsp3) is 0.514. The van der Waals surface area contributed by atoms with Crippen molar-refractivity contribution in [2.24, 2.45) is 28.9 Å². The highest BCUT2D eigenvalue weighted by Gasteiger charge is 2.28. The normalized spacial score (nSPS) is 13.5. The topological polar surface area (TPSA) is 253 Å². The number of hydrogen-bond donors (Lipinski definition) is 9. The van der Waals surface area contributed by atoms with E-state index in [2.05, 4.69) is 16.0 Å². The maximum atomic E-state index is 13.8. The van der Waals surface area contributed by atoms with Gasteiger partial charge in [-0.1, -0.05) is 36.8 Å². The summed E-state index contributed by atoms with van der Waals surface area (Å²) < 4.78 is 0. The lowest BCUT2D eigenvalue weighted by Gasteiger charge is -2.24. The monoisotopic (exact) mass is 666 g/mol. The first-order chi connectivity index (χ1) is 22.8. The molecule has 0 aromatic heterocycles. The third-order valence-electron chi connectivity index (χ3n) is 8.37. The smallest absolute Gasteiger partial charge is 0.237 e. The van der Waals surface area contributed by atoms with Gasteiger partial charge in [-0.2, -0.15) is 0 Å². The van der Waals surface area contributed by atoms with E-state index in [-0.39, 0.29) is 49.1 Å².